The van der Waals surface area contributed by atoms with Crippen LogP contribution in [0, 0.1) is 0 Å². The van der Waals surface area contributed by atoms with Crippen LogP contribution >= 0.6 is 0 Å². The lowest BCUT2D eigenvalue weighted by Gasteiger charge is -2.15. The summed E-state index contributed by atoms with van der Waals surface area (Å²) in [5.41, 5.74) is 2.07. The first kappa shape index (κ1) is 25.7. The maximum absolute atomic E-state index is 12.4. The van der Waals surface area contributed by atoms with Crippen LogP contribution in [0.2, 0.25) is 0 Å². The molecule has 2 atom stereocenters. The minimum absolute atomic E-state index is 0.0119. The van der Waals surface area contributed by atoms with Crippen LogP contribution < -0.4 is 20.1 Å². The number of para-hydroxylation sites is 2. The Bertz CT molecular complexity index is 1040. The third-order valence-electron chi connectivity index (χ3n) is 5.85. The molecule has 0 aliphatic heterocycles. The van der Waals surface area contributed by atoms with E-state index in [-0.39, 0.29) is 24.8 Å². The second kappa shape index (κ2) is 12.5. The molecule has 0 aliphatic rings. The van der Waals surface area contributed by atoms with E-state index in [1.807, 2.05) is 48.5 Å². The van der Waals surface area contributed by atoms with Gasteiger partial charge in [0.05, 0.1) is 0 Å². The van der Waals surface area contributed by atoms with Gasteiger partial charge >= 0.3 is 0 Å². The van der Waals surface area contributed by atoms with Crippen molar-refractivity contribution in [2.45, 2.75) is 52.4 Å². The highest BCUT2D eigenvalue weighted by Crippen LogP contribution is 2.29. The van der Waals surface area contributed by atoms with Crippen molar-refractivity contribution in [1.29, 1.82) is 0 Å². The highest BCUT2D eigenvalue weighted by atomic mass is 16.6. The van der Waals surface area contributed by atoms with Crippen molar-refractivity contribution >= 4 is 23.5 Å². The van der Waals surface area contributed by atoms with Crippen LogP contribution in [0.15, 0.2) is 53.2 Å². The molecule has 0 spiro atoms. The lowest BCUT2D eigenvalue weighted by Crippen LogP contribution is -2.24. The first-order chi connectivity index (χ1) is 16.9. The quantitative estimate of drug-likeness (QED) is 0.369. The number of carbonyl (C=O) groups excluding carboxylic acids is 2. The number of hydrogen-bond donors (Lipinski definition) is 2. The number of nitrogens with one attached hydrogen (secondary N) is 2. The van der Waals surface area contributed by atoms with E-state index in [1.165, 1.54) is 0 Å². The summed E-state index contributed by atoms with van der Waals surface area (Å²) in [6.07, 6.45) is 1.90. The monoisotopic (exact) mass is 480 g/mol. The fraction of sp³-hybridized carbons (Fsp3) is 0.385. The Hall–Kier alpha value is -3.88. The van der Waals surface area contributed by atoms with Crippen molar-refractivity contribution in [2.24, 2.45) is 0 Å². The van der Waals surface area contributed by atoms with E-state index in [1.54, 1.807) is 0 Å². The van der Waals surface area contributed by atoms with Crippen LogP contribution in [0.1, 0.15) is 63.5 Å². The first-order valence-corrected chi connectivity index (χ1v) is 11.8. The number of amides is 2. The lowest BCUT2D eigenvalue weighted by atomic mass is 9.98. The molecule has 0 aliphatic carbocycles. The number of nitrogens with zero attached hydrogens (tertiary/aromatic N) is 2. The van der Waals surface area contributed by atoms with Gasteiger partial charge in [-0.25, -0.2) is 4.63 Å². The molecule has 35 heavy (non-hydrogen) atoms. The summed E-state index contributed by atoms with van der Waals surface area (Å²) in [6, 6.07) is 15.2. The smallest absolute Gasteiger partial charge is 0.263 e. The van der Waals surface area contributed by atoms with Crippen molar-refractivity contribution < 1.29 is 23.7 Å². The van der Waals surface area contributed by atoms with Crippen molar-refractivity contribution in [2.75, 3.05) is 23.8 Å². The van der Waals surface area contributed by atoms with Gasteiger partial charge in [-0.15, -0.1) is 0 Å². The van der Waals surface area contributed by atoms with Crippen LogP contribution in [-0.2, 0) is 9.59 Å². The molecule has 0 radical (unpaired) electrons. The zero-order valence-electron chi connectivity index (χ0n) is 20.5. The zero-order valence-corrected chi connectivity index (χ0v) is 20.5. The molecule has 2 aromatic carbocycles. The van der Waals surface area contributed by atoms with Gasteiger partial charge in [-0.3, -0.25) is 9.59 Å². The number of benzene rings is 2. The van der Waals surface area contributed by atoms with Gasteiger partial charge in [0.25, 0.3) is 11.8 Å². The number of carbonyl (C=O) groups is 2. The number of rotatable bonds is 12. The second-order valence-corrected chi connectivity index (χ2v) is 8.33. The van der Waals surface area contributed by atoms with E-state index in [0.717, 1.165) is 24.0 Å². The van der Waals surface area contributed by atoms with E-state index in [2.05, 4.69) is 48.6 Å². The minimum Gasteiger partial charge on any atom is -0.483 e. The highest BCUT2D eigenvalue weighted by molar-refractivity contribution is 5.98. The molecule has 9 heteroatoms. The predicted octanol–water partition coefficient (Wildman–Crippen LogP) is 5.13. The van der Waals surface area contributed by atoms with Crippen LogP contribution in [0.3, 0.4) is 0 Å². The number of ether oxygens (including phenoxy) is 2. The molecule has 3 aromatic rings. The molecule has 0 fully saturated rings. The van der Waals surface area contributed by atoms with E-state index in [9.17, 15) is 9.59 Å². The summed E-state index contributed by atoms with van der Waals surface area (Å²) in [7, 11) is 0. The Labute approximate surface area is 205 Å². The van der Waals surface area contributed by atoms with Crippen molar-refractivity contribution in [3.05, 3.63) is 59.7 Å². The molecule has 2 N–H and O–H groups in total. The molecule has 1 aromatic heterocycles. The molecule has 2 amide bonds. The summed E-state index contributed by atoms with van der Waals surface area (Å²) < 4.78 is 16.1. The van der Waals surface area contributed by atoms with Gasteiger partial charge in [0.1, 0.15) is 11.5 Å². The van der Waals surface area contributed by atoms with Gasteiger partial charge in [-0.1, -0.05) is 64.1 Å². The van der Waals surface area contributed by atoms with Gasteiger partial charge in [-0.2, -0.15) is 0 Å². The van der Waals surface area contributed by atoms with E-state index in [4.69, 9.17) is 14.1 Å². The average molecular weight is 481 g/mol. The standard InChI is InChI=1S/C26H32N4O5/c1-5-17(3)19-11-7-9-13-21(19)33-15-23(31)27-25-26(30-35-29-25)28-24(32)16-34-22-14-10-8-12-20(22)18(4)6-2/h7-14,17-18H,5-6,15-16H2,1-4H3,(H,27,29,31)(H,28,30,32)/t17-,18-/m0/s1. The molecule has 3 rings (SSSR count). The molecule has 0 unspecified atom stereocenters. The van der Waals surface area contributed by atoms with Gasteiger partial charge in [0, 0.05) is 0 Å². The summed E-state index contributed by atoms with van der Waals surface area (Å²) in [4.78, 5) is 24.9. The fourth-order valence-electron chi connectivity index (χ4n) is 3.45. The van der Waals surface area contributed by atoms with Crippen molar-refractivity contribution in [1.82, 2.24) is 10.3 Å². The van der Waals surface area contributed by atoms with Gasteiger partial charge in [-0.05, 0) is 58.3 Å². The molecule has 9 nitrogen and oxygen atoms in total. The van der Waals surface area contributed by atoms with Gasteiger partial charge in [0.15, 0.2) is 13.2 Å². The number of anilines is 2. The highest BCUT2D eigenvalue weighted by Gasteiger charge is 2.18. The molecule has 0 bridgehead atoms. The Morgan fingerprint density at radius 3 is 1.57 bits per heavy atom. The Kier molecular flexibility index (Phi) is 9.23. The molecule has 1 heterocycles. The molecular formula is C26H32N4O5. The topological polar surface area (TPSA) is 116 Å². The van der Waals surface area contributed by atoms with E-state index in [0.29, 0.717) is 23.3 Å². The van der Waals surface area contributed by atoms with Crippen molar-refractivity contribution in [3.63, 3.8) is 0 Å². The second-order valence-electron chi connectivity index (χ2n) is 8.33. The Morgan fingerprint density at radius 1 is 0.771 bits per heavy atom. The largest absolute Gasteiger partial charge is 0.483 e. The maximum Gasteiger partial charge on any atom is 0.263 e. The SMILES string of the molecule is CC[C@H](C)c1ccccc1OCC(=O)Nc1nonc1NC(=O)COc1ccccc1[C@@H](C)CC. The molecule has 186 valence electrons. The van der Waals surface area contributed by atoms with E-state index < -0.39 is 11.8 Å². The number of aromatic nitrogens is 2. The van der Waals surface area contributed by atoms with Gasteiger partial charge in [0.2, 0.25) is 11.6 Å². The summed E-state index contributed by atoms with van der Waals surface area (Å²) in [5.74, 6) is 0.953. The van der Waals surface area contributed by atoms with Gasteiger partial charge < -0.3 is 20.1 Å². The predicted molar refractivity (Wildman–Crippen MR) is 133 cm³/mol. The maximum atomic E-state index is 12.4. The van der Waals surface area contributed by atoms with Crippen LogP contribution in [-0.4, -0.2) is 35.3 Å². The average Bonchev–Trinajstić information content (AvgIpc) is 3.31. The Morgan fingerprint density at radius 2 is 1.17 bits per heavy atom. The summed E-state index contributed by atoms with van der Waals surface area (Å²) >= 11 is 0. The zero-order chi connectivity index (χ0) is 25.2. The molecule has 0 saturated heterocycles. The number of hydrogen-bond acceptors (Lipinski definition) is 7. The lowest BCUT2D eigenvalue weighted by molar-refractivity contribution is -0.119. The summed E-state index contributed by atoms with van der Waals surface area (Å²) in [5, 5.41) is 12.4. The van der Waals surface area contributed by atoms with E-state index >= 15 is 0 Å². The molecule has 0 saturated carbocycles. The van der Waals surface area contributed by atoms with Crippen LogP contribution in [0.25, 0.3) is 0 Å². The summed E-state index contributed by atoms with van der Waals surface area (Å²) in [6.45, 7) is 7.93. The minimum atomic E-state index is -0.464. The normalized spacial score (nSPS) is 12.5. The third kappa shape index (κ3) is 7.05. The van der Waals surface area contributed by atoms with Crippen LogP contribution in [0.4, 0.5) is 11.6 Å². The third-order valence-corrected chi connectivity index (χ3v) is 5.85. The van der Waals surface area contributed by atoms with Crippen LogP contribution in [0.5, 0.6) is 11.5 Å². The van der Waals surface area contributed by atoms with Crippen molar-refractivity contribution in [3.8, 4) is 11.5 Å². The molecular weight excluding hydrogens is 448 g/mol. The fourth-order valence-corrected chi connectivity index (χ4v) is 3.45. The Balaban J connectivity index is 1.54. The first-order valence-electron chi connectivity index (χ1n) is 11.8.